The van der Waals surface area contributed by atoms with Gasteiger partial charge in [0.05, 0.1) is 11.3 Å². The average molecular weight is 287 g/mol. The van der Waals surface area contributed by atoms with E-state index < -0.39 is 29.0 Å². The highest BCUT2D eigenvalue weighted by Gasteiger charge is 2.23. The van der Waals surface area contributed by atoms with Gasteiger partial charge in [-0.25, -0.2) is 18.0 Å². The molecule has 7 heteroatoms. The molecular weight excluding hydrogens is 279 g/mol. The van der Waals surface area contributed by atoms with Crippen molar-refractivity contribution in [3.63, 3.8) is 0 Å². The van der Waals surface area contributed by atoms with E-state index in [-0.39, 0.29) is 21.0 Å². The molecule has 0 amide bonds. The van der Waals surface area contributed by atoms with Crippen LogP contribution in [0.1, 0.15) is 15.2 Å². The summed E-state index contributed by atoms with van der Waals surface area (Å²) >= 11 is 0.655. The minimum atomic E-state index is -1.28. The van der Waals surface area contributed by atoms with Gasteiger partial charge in [-0.3, -0.25) is 0 Å². The monoisotopic (exact) mass is 287 g/mol. The van der Waals surface area contributed by atoms with E-state index in [9.17, 15) is 18.0 Å². The Bertz CT molecular complexity index is 659. The van der Waals surface area contributed by atoms with Crippen LogP contribution >= 0.6 is 11.3 Å². The maximum Gasteiger partial charge on any atom is 0.348 e. The predicted octanol–water partition coefficient (Wildman–Crippen LogP) is 3.42. The Morgan fingerprint density at radius 2 is 1.79 bits per heavy atom. The van der Waals surface area contributed by atoms with Gasteiger partial charge >= 0.3 is 5.97 Å². The maximum absolute atomic E-state index is 13.7. The molecule has 0 saturated carbocycles. The molecule has 0 bridgehead atoms. The molecule has 3 nitrogen and oxygen atoms in total. The number of thiophene rings is 1. The smallest absolute Gasteiger partial charge is 0.348 e. The third-order valence-corrected chi connectivity index (χ3v) is 3.93. The van der Waals surface area contributed by atoms with Crippen LogP contribution in [0.2, 0.25) is 0 Å². The van der Waals surface area contributed by atoms with Crippen molar-refractivity contribution < 1.29 is 23.1 Å². The van der Waals surface area contributed by atoms with Crippen LogP contribution in [0.4, 0.5) is 18.9 Å². The first-order chi connectivity index (χ1) is 8.82. The molecule has 0 fully saturated rings. The summed E-state index contributed by atoms with van der Waals surface area (Å²) in [6.45, 7) is 1.45. The number of nitrogens with two attached hydrogens (primary N) is 1. The summed E-state index contributed by atoms with van der Waals surface area (Å²) in [7, 11) is 0. The number of carboxylic acids is 1. The quantitative estimate of drug-likeness (QED) is 0.889. The number of carboxylic acid groups (broad SMARTS) is 1. The topological polar surface area (TPSA) is 63.3 Å². The minimum Gasteiger partial charge on any atom is -0.477 e. The molecule has 0 aliphatic carbocycles. The zero-order valence-corrected chi connectivity index (χ0v) is 10.4. The Kier molecular flexibility index (Phi) is 3.23. The molecule has 1 heterocycles. The van der Waals surface area contributed by atoms with E-state index in [0.717, 1.165) is 0 Å². The lowest BCUT2D eigenvalue weighted by atomic mass is 10.1. The number of halogens is 3. The molecule has 0 radical (unpaired) electrons. The lowest BCUT2D eigenvalue weighted by Crippen LogP contribution is -1.98. The zero-order chi connectivity index (χ0) is 14.3. The molecule has 0 atom stereocenters. The van der Waals surface area contributed by atoms with E-state index in [1.807, 2.05) is 0 Å². The number of nitrogen functional groups attached to an aromatic ring is 1. The van der Waals surface area contributed by atoms with E-state index >= 15 is 0 Å². The van der Waals surface area contributed by atoms with Gasteiger partial charge in [-0.2, -0.15) is 0 Å². The van der Waals surface area contributed by atoms with E-state index in [0.29, 0.717) is 23.5 Å². The fraction of sp³-hybridized carbons (Fsp3) is 0.0833. The number of rotatable bonds is 2. The zero-order valence-electron chi connectivity index (χ0n) is 9.63. The minimum absolute atomic E-state index is 0.0457. The van der Waals surface area contributed by atoms with Crippen molar-refractivity contribution in [2.75, 3.05) is 5.73 Å². The van der Waals surface area contributed by atoms with Gasteiger partial charge in [0.15, 0.2) is 0 Å². The van der Waals surface area contributed by atoms with Gasteiger partial charge in [-0.1, -0.05) is 0 Å². The van der Waals surface area contributed by atoms with Crippen molar-refractivity contribution in [3.8, 4) is 10.4 Å². The predicted molar refractivity (Wildman–Crippen MR) is 65.7 cm³/mol. The van der Waals surface area contributed by atoms with Gasteiger partial charge in [-0.05, 0) is 12.5 Å². The van der Waals surface area contributed by atoms with Crippen molar-refractivity contribution in [1.82, 2.24) is 0 Å². The molecule has 1 aromatic carbocycles. The summed E-state index contributed by atoms with van der Waals surface area (Å²) < 4.78 is 40.2. The first-order valence-corrected chi connectivity index (χ1v) is 5.91. The second kappa shape index (κ2) is 4.58. The van der Waals surface area contributed by atoms with E-state index in [1.165, 1.54) is 6.92 Å². The van der Waals surface area contributed by atoms with Gasteiger partial charge in [0, 0.05) is 17.0 Å². The highest BCUT2D eigenvalue weighted by molar-refractivity contribution is 7.18. The van der Waals surface area contributed by atoms with Crippen molar-refractivity contribution in [1.29, 1.82) is 0 Å². The molecule has 2 rings (SSSR count). The summed E-state index contributed by atoms with van der Waals surface area (Å²) in [6, 6.07) is 1.07. The van der Waals surface area contributed by atoms with Crippen LogP contribution in [0, 0.1) is 24.4 Å². The van der Waals surface area contributed by atoms with Crippen LogP contribution in [0.3, 0.4) is 0 Å². The Morgan fingerprint density at radius 3 is 2.21 bits per heavy atom. The van der Waals surface area contributed by atoms with Crippen LogP contribution in [0.15, 0.2) is 12.1 Å². The van der Waals surface area contributed by atoms with Crippen molar-refractivity contribution in [2.45, 2.75) is 6.92 Å². The second-order valence-electron chi connectivity index (χ2n) is 3.85. The summed E-state index contributed by atoms with van der Waals surface area (Å²) in [5.74, 6) is -4.52. The van der Waals surface area contributed by atoms with E-state index in [2.05, 4.69) is 0 Å². The normalized spacial score (nSPS) is 10.7. The van der Waals surface area contributed by atoms with Gasteiger partial charge in [0.25, 0.3) is 0 Å². The lowest BCUT2D eigenvalue weighted by molar-refractivity contribution is 0.0703. The molecule has 100 valence electrons. The Hall–Kier alpha value is -2.02. The highest BCUT2D eigenvalue weighted by atomic mass is 32.1. The van der Waals surface area contributed by atoms with Crippen LogP contribution < -0.4 is 5.73 Å². The van der Waals surface area contributed by atoms with Crippen molar-refractivity contribution in [3.05, 3.63) is 40.0 Å². The van der Waals surface area contributed by atoms with Crippen LogP contribution in [-0.4, -0.2) is 11.1 Å². The number of aromatic carboxylic acids is 1. The number of hydrogen-bond donors (Lipinski definition) is 2. The Labute approximate surface area is 110 Å². The maximum atomic E-state index is 13.7. The SMILES string of the molecule is Cc1c(-c2c(F)cc(F)cc2F)sc(C(=O)O)c1N. The molecule has 0 aliphatic rings. The number of benzene rings is 1. The molecule has 0 spiro atoms. The molecule has 3 N–H and O–H groups in total. The molecule has 0 unspecified atom stereocenters. The molecule has 2 aromatic rings. The number of carbonyl (C=O) groups is 1. The Morgan fingerprint density at radius 1 is 1.26 bits per heavy atom. The van der Waals surface area contributed by atoms with Gasteiger partial charge in [-0.15, -0.1) is 11.3 Å². The van der Waals surface area contributed by atoms with Crippen molar-refractivity contribution in [2.24, 2.45) is 0 Å². The average Bonchev–Trinajstić information content (AvgIpc) is 2.56. The van der Waals surface area contributed by atoms with Gasteiger partial charge in [0.2, 0.25) is 0 Å². The van der Waals surface area contributed by atoms with E-state index in [1.54, 1.807) is 0 Å². The highest BCUT2D eigenvalue weighted by Crippen LogP contribution is 2.40. The molecule has 19 heavy (non-hydrogen) atoms. The largest absolute Gasteiger partial charge is 0.477 e. The fourth-order valence-electron chi connectivity index (χ4n) is 1.68. The van der Waals surface area contributed by atoms with Gasteiger partial charge in [0.1, 0.15) is 22.3 Å². The number of hydrogen-bond acceptors (Lipinski definition) is 3. The number of anilines is 1. The first-order valence-electron chi connectivity index (χ1n) is 5.10. The van der Waals surface area contributed by atoms with Crippen LogP contribution in [-0.2, 0) is 0 Å². The third kappa shape index (κ3) is 2.17. The fourth-order valence-corrected chi connectivity index (χ4v) is 2.80. The van der Waals surface area contributed by atoms with E-state index in [4.69, 9.17) is 10.8 Å². The summed E-state index contributed by atoms with van der Waals surface area (Å²) in [5, 5.41) is 8.92. The lowest BCUT2D eigenvalue weighted by Gasteiger charge is -2.04. The standard InChI is InChI=1S/C12H8F3NO2S/c1-4-9(16)11(12(17)18)19-10(4)8-6(14)2-5(13)3-7(8)15/h2-3H,16H2,1H3,(H,17,18). The summed E-state index contributed by atoms with van der Waals surface area (Å²) in [4.78, 5) is 10.8. The second-order valence-corrected chi connectivity index (χ2v) is 4.87. The third-order valence-electron chi connectivity index (χ3n) is 2.62. The molecule has 0 saturated heterocycles. The molecule has 0 aliphatic heterocycles. The van der Waals surface area contributed by atoms with Crippen LogP contribution in [0.5, 0.6) is 0 Å². The van der Waals surface area contributed by atoms with Crippen molar-refractivity contribution >= 4 is 23.0 Å². The van der Waals surface area contributed by atoms with Crippen LogP contribution in [0.25, 0.3) is 10.4 Å². The summed E-state index contributed by atoms with van der Waals surface area (Å²) in [6.07, 6.45) is 0. The summed E-state index contributed by atoms with van der Waals surface area (Å²) in [5.41, 5.74) is 5.32. The van der Waals surface area contributed by atoms with Gasteiger partial charge < -0.3 is 10.8 Å². The molecule has 1 aromatic heterocycles. The first kappa shape index (κ1) is 13.4. The Balaban J connectivity index is 2.73. The molecular formula is C12H8F3NO2S.